The van der Waals surface area contributed by atoms with Gasteiger partial charge in [0.15, 0.2) is 0 Å². The largest absolute Gasteiger partial charge is 0.492 e. The van der Waals surface area contributed by atoms with Crippen molar-refractivity contribution in [2.75, 3.05) is 13.2 Å². The molecular formula is C18H21NO2S. The van der Waals surface area contributed by atoms with Crippen LogP contribution < -0.4 is 10.1 Å². The van der Waals surface area contributed by atoms with Crippen molar-refractivity contribution in [2.45, 2.75) is 17.9 Å². The predicted octanol–water partition coefficient (Wildman–Crippen LogP) is 3.50. The van der Waals surface area contributed by atoms with Crippen LogP contribution in [0.5, 0.6) is 5.75 Å². The maximum Gasteiger partial charge on any atom is 0.232 e. The van der Waals surface area contributed by atoms with Gasteiger partial charge in [-0.05, 0) is 24.6 Å². The Balaban J connectivity index is 1.62. The second kappa shape index (κ2) is 9.15. The summed E-state index contributed by atoms with van der Waals surface area (Å²) in [5.74, 6) is 1.72. The van der Waals surface area contributed by atoms with Crippen LogP contribution in [0.3, 0.4) is 0 Å². The van der Waals surface area contributed by atoms with Gasteiger partial charge in [-0.2, -0.15) is 0 Å². The molecule has 0 radical (unpaired) electrons. The Morgan fingerprint density at radius 1 is 1.09 bits per heavy atom. The Hall–Kier alpha value is -1.94. The van der Waals surface area contributed by atoms with Gasteiger partial charge in [0.05, 0.1) is 11.8 Å². The molecule has 4 heteroatoms. The molecule has 0 spiro atoms. The first-order chi connectivity index (χ1) is 10.8. The lowest BCUT2D eigenvalue weighted by molar-refractivity contribution is -0.120. The Labute approximate surface area is 136 Å². The summed E-state index contributed by atoms with van der Waals surface area (Å²) in [4.78, 5) is 12.0. The fourth-order valence-electron chi connectivity index (χ4n) is 1.87. The zero-order valence-corrected chi connectivity index (χ0v) is 13.5. The van der Waals surface area contributed by atoms with E-state index < -0.39 is 0 Å². The summed E-state index contributed by atoms with van der Waals surface area (Å²) in [6, 6.07) is 19.8. The van der Waals surface area contributed by atoms with Crippen molar-refractivity contribution >= 4 is 17.7 Å². The van der Waals surface area contributed by atoms with E-state index in [1.165, 1.54) is 5.56 Å². The van der Waals surface area contributed by atoms with Crippen LogP contribution >= 0.6 is 11.8 Å². The monoisotopic (exact) mass is 315 g/mol. The van der Waals surface area contributed by atoms with Crippen molar-refractivity contribution in [1.29, 1.82) is 0 Å². The molecule has 1 amide bonds. The molecule has 0 bridgehead atoms. The lowest BCUT2D eigenvalue weighted by Gasteiger charge is -2.12. The van der Waals surface area contributed by atoms with Crippen molar-refractivity contribution in [3.63, 3.8) is 0 Å². The number of thioether (sulfide) groups is 1. The van der Waals surface area contributed by atoms with E-state index in [1.54, 1.807) is 11.8 Å². The molecule has 0 fully saturated rings. The van der Waals surface area contributed by atoms with E-state index in [2.05, 4.69) is 17.4 Å². The van der Waals surface area contributed by atoms with Crippen LogP contribution in [0, 0.1) is 0 Å². The van der Waals surface area contributed by atoms with Crippen LogP contribution in [-0.4, -0.2) is 24.3 Å². The first kappa shape index (κ1) is 16.4. The van der Waals surface area contributed by atoms with Crippen molar-refractivity contribution in [2.24, 2.45) is 0 Å². The molecule has 1 N–H and O–H groups in total. The fraction of sp³-hybridized carbons (Fsp3) is 0.278. The maximum atomic E-state index is 12.0. The highest BCUT2D eigenvalue weighted by atomic mass is 32.2. The lowest BCUT2D eigenvalue weighted by Crippen LogP contribution is -2.34. The second-order valence-electron chi connectivity index (χ2n) is 4.89. The van der Waals surface area contributed by atoms with Crippen LogP contribution in [0.4, 0.5) is 0 Å². The molecule has 3 nitrogen and oxygen atoms in total. The highest BCUT2D eigenvalue weighted by Gasteiger charge is 2.12. The predicted molar refractivity (Wildman–Crippen MR) is 92.1 cm³/mol. The number of rotatable bonds is 8. The molecule has 0 aliphatic carbocycles. The van der Waals surface area contributed by atoms with Crippen LogP contribution in [0.25, 0.3) is 0 Å². The molecule has 0 aromatic heterocycles. The van der Waals surface area contributed by atoms with Gasteiger partial charge in [0.2, 0.25) is 5.91 Å². The Bertz CT molecular complexity index is 560. The molecule has 1 unspecified atom stereocenters. The van der Waals surface area contributed by atoms with Crippen molar-refractivity contribution in [3.05, 3.63) is 66.2 Å². The maximum absolute atomic E-state index is 12.0. The van der Waals surface area contributed by atoms with Crippen LogP contribution in [-0.2, 0) is 10.5 Å². The summed E-state index contributed by atoms with van der Waals surface area (Å²) >= 11 is 1.64. The van der Waals surface area contributed by atoms with Crippen LogP contribution in [0.2, 0.25) is 0 Å². The number of hydrogen-bond acceptors (Lipinski definition) is 3. The van der Waals surface area contributed by atoms with Gasteiger partial charge in [-0.3, -0.25) is 4.79 Å². The number of ether oxygens (including phenoxy) is 1. The molecule has 0 saturated heterocycles. The number of benzene rings is 2. The summed E-state index contributed by atoms with van der Waals surface area (Å²) < 4.78 is 5.54. The number of hydrogen-bond donors (Lipinski definition) is 1. The molecule has 116 valence electrons. The minimum atomic E-state index is -0.0723. The van der Waals surface area contributed by atoms with Crippen LogP contribution in [0.15, 0.2) is 60.7 Å². The van der Waals surface area contributed by atoms with Gasteiger partial charge in [0.25, 0.3) is 0 Å². The summed E-state index contributed by atoms with van der Waals surface area (Å²) in [7, 11) is 0. The summed E-state index contributed by atoms with van der Waals surface area (Å²) in [5.41, 5.74) is 1.24. The second-order valence-corrected chi connectivity index (χ2v) is 6.22. The van der Waals surface area contributed by atoms with Gasteiger partial charge in [-0.25, -0.2) is 0 Å². The van der Waals surface area contributed by atoms with Crippen molar-refractivity contribution in [3.8, 4) is 5.75 Å². The third-order valence-corrected chi connectivity index (χ3v) is 4.34. The molecule has 1 atom stereocenters. The highest BCUT2D eigenvalue weighted by Crippen LogP contribution is 2.17. The molecular weight excluding hydrogens is 294 g/mol. The van der Waals surface area contributed by atoms with Gasteiger partial charge < -0.3 is 10.1 Å². The van der Waals surface area contributed by atoms with Gasteiger partial charge in [0.1, 0.15) is 12.4 Å². The Morgan fingerprint density at radius 2 is 1.73 bits per heavy atom. The molecule has 0 saturated carbocycles. The lowest BCUT2D eigenvalue weighted by atomic mass is 10.2. The summed E-state index contributed by atoms with van der Waals surface area (Å²) in [6.07, 6.45) is 0. The topological polar surface area (TPSA) is 38.3 Å². The molecule has 2 aromatic rings. The molecule has 0 heterocycles. The normalized spacial score (nSPS) is 11.7. The van der Waals surface area contributed by atoms with E-state index in [4.69, 9.17) is 4.74 Å². The number of carbonyl (C=O) groups is 1. The Morgan fingerprint density at radius 3 is 2.41 bits per heavy atom. The first-order valence-electron chi connectivity index (χ1n) is 7.37. The quantitative estimate of drug-likeness (QED) is 0.758. The number of amides is 1. The van der Waals surface area contributed by atoms with Crippen molar-refractivity contribution < 1.29 is 9.53 Å². The fourth-order valence-corrected chi connectivity index (χ4v) is 2.74. The van der Waals surface area contributed by atoms with Crippen LogP contribution in [0.1, 0.15) is 12.5 Å². The third kappa shape index (κ3) is 5.82. The smallest absolute Gasteiger partial charge is 0.232 e. The number of carbonyl (C=O) groups excluding carboxylic acids is 1. The van der Waals surface area contributed by atoms with E-state index >= 15 is 0 Å². The van der Waals surface area contributed by atoms with E-state index in [0.29, 0.717) is 13.2 Å². The molecule has 22 heavy (non-hydrogen) atoms. The third-order valence-electron chi connectivity index (χ3n) is 3.13. The van der Waals surface area contributed by atoms with E-state index in [1.807, 2.05) is 55.5 Å². The van der Waals surface area contributed by atoms with E-state index in [-0.39, 0.29) is 11.2 Å². The minimum Gasteiger partial charge on any atom is -0.492 e. The average molecular weight is 315 g/mol. The van der Waals surface area contributed by atoms with Crippen molar-refractivity contribution in [1.82, 2.24) is 5.32 Å². The number of para-hydroxylation sites is 1. The minimum absolute atomic E-state index is 0.0533. The number of nitrogens with one attached hydrogen (secondary N) is 1. The van der Waals surface area contributed by atoms with Gasteiger partial charge in [0, 0.05) is 5.75 Å². The molecule has 0 aliphatic rings. The standard InChI is InChI=1S/C18H21NO2S/c1-15(22-14-16-8-4-2-5-9-16)18(20)19-12-13-21-17-10-6-3-7-11-17/h2-11,15H,12-14H2,1H3,(H,19,20). The first-order valence-corrected chi connectivity index (χ1v) is 8.41. The molecule has 0 aliphatic heterocycles. The summed E-state index contributed by atoms with van der Waals surface area (Å²) in [6.45, 7) is 2.93. The molecule has 2 aromatic carbocycles. The zero-order chi connectivity index (χ0) is 15.6. The molecule has 2 rings (SSSR count). The summed E-state index contributed by atoms with van der Waals surface area (Å²) in [5, 5.41) is 2.83. The SMILES string of the molecule is CC(SCc1ccccc1)C(=O)NCCOc1ccccc1. The Kier molecular flexibility index (Phi) is 6.84. The van der Waals surface area contributed by atoms with E-state index in [0.717, 1.165) is 11.5 Å². The zero-order valence-electron chi connectivity index (χ0n) is 12.7. The van der Waals surface area contributed by atoms with Gasteiger partial charge in [-0.15, -0.1) is 11.8 Å². The van der Waals surface area contributed by atoms with Gasteiger partial charge in [-0.1, -0.05) is 48.5 Å². The van der Waals surface area contributed by atoms with Gasteiger partial charge >= 0.3 is 0 Å². The van der Waals surface area contributed by atoms with E-state index in [9.17, 15) is 4.79 Å². The highest BCUT2D eigenvalue weighted by molar-refractivity contribution is 7.99. The average Bonchev–Trinajstić information content (AvgIpc) is 2.58.